The first-order valence-corrected chi connectivity index (χ1v) is 8.18. The number of rotatable bonds is 4. The summed E-state index contributed by atoms with van der Waals surface area (Å²) >= 11 is 0. The minimum Gasteiger partial charge on any atom is -0.476 e. The first-order valence-electron chi connectivity index (χ1n) is 8.18. The lowest BCUT2D eigenvalue weighted by Gasteiger charge is -2.17. The van der Waals surface area contributed by atoms with E-state index in [-0.39, 0.29) is 11.3 Å². The van der Waals surface area contributed by atoms with Gasteiger partial charge in [-0.15, -0.1) is 5.10 Å². The molecule has 1 fully saturated rings. The second kappa shape index (κ2) is 6.59. The quantitative estimate of drug-likeness (QED) is 0.928. The van der Waals surface area contributed by atoms with Crippen molar-refractivity contribution in [2.45, 2.75) is 32.6 Å². The smallest absolute Gasteiger partial charge is 0.257 e. The van der Waals surface area contributed by atoms with Crippen LogP contribution in [0, 0.1) is 5.92 Å². The van der Waals surface area contributed by atoms with E-state index in [1.165, 1.54) is 0 Å². The number of likely N-dealkylation sites (tertiary alicyclic amines) is 1. The Kier molecular flexibility index (Phi) is 4.51. The monoisotopic (exact) mass is 329 g/mol. The number of amides is 1. The first-order chi connectivity index (χ1) is 11.4. The van der Waals surface area contributed by atoms with Gasteiger partial charge in [-0.1, -0.05) is 20.8 Å². The zero-order chi connectivity index (χ0) is 17.2. The summed E-state index contributed by atoms with van der Waals surface area (Å²) in [5, 5.41) is 14.8. The normalized spacial score (nSPS) is 18.0. The zero-order valence-corrected chi connectivity index (χ0v) is 14.3. The number of nitrogens with one attached hydrogen (secondary N) is 1. The Morgan fingerprint density at radius 2 is 2.21 bits per heavy atom. The standard InChI is InChI=1S/C17H23N5O2/c1-17(2,3)14-4-5-15(21-20-14)24-11-12-6-7-22(10-12)16(23)13-8-18-19-9-13/h4-5,8-9,12H,6-7,10-11H2,1-3H3,(H,18,19). The van der Waals surface area contributed by atoms with Gasteiger partial charge in [0.2, 0.25) is 5.88 Å². The third-order valence-electron chi connectivity index (χ3n) is 4.19. The lowest BCUT2D eigenvalue weighted by molar-refractivity contribution is 0.0783. The molecule has 0 aliphatic carbocycles. The van der Waals surface area contributed by atoms with Crippen LogP contribution >= 0.6 is 0 Å². The summed E-state index contributed by atoms with van der Waals surface area (Å²) in [6.07, 6.45) is 4.11. The molecule has 1 aliphatic rings. The minimum atomic E-state index is -0.0229. The maximum atomic E-state index is 12.3. The number of hydrogen-bond acceptors (Lipinski definition) is 5. The van der Waals surface area contributed by atoms with Crippen molar-refractivity contribution in [1.29, 1.82) is 0 Å². The highest BCUT2D eigenvalue weighted by molar-refractivity contribution is 5.93. The maximum absolute atomic E-state index is 12.3. The van der Waals surface area contributed by atoms with Gasteiger partial charge in [-0.3, -0.25) is 9.89 Å². The van der Waals surface area contributed by atoms with E-state index >= 15 is 0 Å². The van der Waals surface area contributed by atoms with Crippen molar-refractivity contribution in [3.05, 3.63) is 35.8 Å². The molecule has 2 aromatic rings. The predicted octanol–water partition coefficient (Wildman–Crippen LogP) is 2.04. The highest BCUT2D eigenvalue weighted by Gasteiger charge is 2.28. The van der Waals surface area contributed by atoms with Crippen molar-refractivity contribution in [1.82, 2.24) is 25.3 Å². The van der Waals surface area contributed by atoms with Gasteiger partial charge in [0, 0.05) is 36.7 Å². The average molecular weight is 329 g/mol. The molecule has 0 spiro atoms. The Hall–Kier alpha value is -2.44. The second-order valence-corrected chi connectivity index (χ2v) is 7.21. The number of aromatic amines is 1. The molecule has 1 N–H and O–H groups in total. The van der Waals surface area contributed by atoms with Crippen LogP contribution in [0.15, 0.2) is 24.5 Å². The van der Waals surface area contributed by atoms with Crippen LogP contribution in [0.25, 0.3) is 0 Å². The summed E-state index contributed by atoms with van der Waals surface area (Å²) in [6.45, 7) is 8.27. The highest BCUT2D eigenvalue weighted by Crippen LogP contribution is 2.22. The Balaban J connectivity index is 1.50. The van der Waals surface area contributed by atoms with Gasteiger partial charge in [-0.25, -0.2) is 0 Å². The van der Waals surface area contributed by atoms with E-state index in [9.17, 15) is 4.79 Å². The Labute approximate surface area is 141 Å². The number of carbonyl (C=O) groups excluding carboxylic acids is 1. The molecule has 1 saturated heterocycles. The lowest BCUT2D eigenvalue weighted by atomic mass is 9.92. The largest absolute Gasteiger partial charge is 0.476 e. The van der Waals surface area contributed by atoms with Crippen LogP contribution in [0.2, 0.25) is 0 Å². The van der Waals surface area contributed by atoms with Crippen molar-refractivity contribution in [2.75, 3.05) is 19.7 Å². The van der Waals surface area contributed by atoms with Crippen LogP contribution in [-0.4, -0.2) is 50.9 Å². The summed E-state index contributed by atoms with van der Waals surface area (Å²) in [5.74, 6) is 0.855. The van der Waals surface area contributed by atoms with Crippen molar-refractivity contribution in [3.63, 3.8) is 0 Å². The molecule has 24 heavy (non-hydrogen) atoms. The number of H-pyrrole nitrogens is 1. The van der Waals surface area contributed by atoms with Crippen molar-refractivity contribution >= 4 is 5.91 Å². The van der Waals surface area contributed by atoms with E-state index in [1.54, 1.807) is 12.4 Å². The molecule has 1 atom stereocenters. The third kappa shape index (κ3) is 3.72. The molecule has 2 aromatic heterocycles. The molecule has 1 unspecified atom stereocenters. The number of aromatic nitrogens is 4. The first kappa shape index (κ1) is 16.4. The molecule has 7 nitrogen and oxygen atoms in total. The van der Waals surface area contributed by atoms with E-state index in [2.05, 4.69) is 41.2 Å². The minimum absolute atomic E-state index is 0.0144. The fraction of sp³-hybridized carbons (Fsp3) is 0.529. The number of ether oxygens (including phenoxy) is 1. The van der Waals surface area contributed by atoms with Gasteiger partial charge < -0.3 is 9.64 Å². The van der Waals surface area contributed by atoms with Gasteiger partial charge in [-0.2, -0.15) is 10.2 Å². The molecular formula is C17H23N5O2. The summed E-state index contributed by atoms with van der Waals surface area (Å²) in [6, 6.07) is 3.81. The number of hydrogen-bond donors (Lipinski definition) is 1. The Bertz CT molecular complexity index is 676. The van der Waals surface area contributed by atoms with Gasteiger partial charge in [0.15, 0.2) is 0 Å². The molecule has 0 aromatic carbocycles. The van der Waals surface area contributed by atoms with Crippen LogP contribution < -0.4 is 4.74 Å². The van der Waals surface area contributed by atoms with E-state index in [0.717, 1.165) is 18.7 Å². The molecule has 128 valence electrons. The summed E-state index contributed by atoms with van der Waals surface area (Å²) in [7, 11) is 0. The topological polar surface area (TPSA) is 84.0 Å². The summed E-state index contributed by atoms with van der Waals surface area (Å²) < 4.78 is 5.75. The fourth-order valence-corrected chi connectivity index (χ4v) is 2.70. The fourth-order valence-electron chi connectivity index (χ4n) is 2.70. The molecule has 7 heteroatoms. The summed E-state index contributed by atoms with van der Waals surface area (Å²) in [5.41, 5.74) is 1.51. The molecule has 3 heterocycles. The van der Waals surface area contributed by atoms with Crippen LogP contribution in [0.3, 0.4) is 0 Å². The molecular weight excluding hydrogens is 306 g/mol. The molecule has 3 rings (SSSR count). The molecule has 0 radical (unpaired) electrons. The zero-order valence-electron chi connectivity index (χ0n) is 14.3. The van der Waals surface area contributed by atoms with E-state index in [4.69, 9.17) is 4.74 Å². The highest BCUT2D eigenvalue weighted by atomic mass is 16.5. The lowest BCUT2D eigenvalue weighted by Crippen LogP contribution is -2.29. The molecule has 0 saturated carbocycles. The van der Waals surface area contributed by atoms with Crippen LogP contribution in [0.5, 0.6) is 5.88 Å². The predicted molar refractivity (Wildman–Crippen MR) is 88.8 cm³/mol. The van der Waals surface area contributed by atoms with Crippen molar-refractivity contribution in [2.24, 2.45) is 5.92 Å². The van der Waals surface area contributed by atoms with Gasteiger partial charge in [0.25, 0.3) is 5.91 Å². The van der Waals surface area contributed by atoms with Crippen molar-refractivity contribution < 1.29 is 9.53 Å². The average Bonchev–Trinajstić information content (AvgIpc) is 3.23. The van der Waals surface area contributed by atoms with Crippen LogP contribution in [0.4, 0.5) is 0 Å². The molecule has 1 amide bonds. The SMILES string of the molecule is CC(C)(C)c1ccc(OCC2CCN(C(=O)c3cn[nH]c3)C2)nn1. The Morgan fingerprint density at radius 1 is 1.38 bits per heavy atom. The third-order valence-corrected chi connectivity index (χ3v) is 4.19. The molecule has 0 bridgehead atoms. The summed E-state index contributed by atoms with van der Waals surface area (Å²) in [4.78, 5) is 14.1. The Morgan fingerprint density at radius 3 is 2.83 bits per heavy atom. The van der Waals surface area contributed by atoms with Crippen LogP contribution in [-0.2, 0) is 5.41 Å². The number of carbonyl (C=O) groups is 1. The van der Waals surface area contributed by atoms with Crippen LogP contribution in [0.1, 0.15) is 43.2 Å². The van der Waals surface area contributed by atoms with Gasteiger partial charge in [0.05, 0.1) is 24.1 Å². The van der Waals surface area contributed by atoms with E-state index in [0.29, 0.717) is 30.5 Å². The van der Waals surface area contributed by atoms with E-state index < -0.39 is 0 Å². The molecule has 1 aliphatic heterocycles. The van der Waals surface area contributed by atoms with Gasteiger partial charge in [-0.05, 0) is 12.5 Å². The van der Waals surface area contributed by atoms with Gasteiger partial charge in [0.1, 0.15) is 0 Å². The van der Waals surface area contributed by atoms with Gasteiger partial charge >= 0.3 is 0 Å². The second-order valence-electron chi connectivity index (χ2n) is 7.21. The van der Waals surface area contributed by atoms with E-state index in [1.807, 2.05) is 17.0 Å². The number of nitrogens with zero attached hydrogens (tertiary/aromatic N) is 4. The van der Waals surface area contributed by atoms with Crippen molar-refractivity contribution in [3.8, 4) is 5.88 Å². The maximum Gasteiger partial charge on any atom is 0.257 e.